The number of hydrogen-bond donors (Lipinski definition) is 2. The Labute approximate surface area is 116 Å². The average Bonchev–Trinajstić information content (AvgIpc) is 2.67. The fraction of sp³-hybridized carbons (Fsp3) is 0.250. The van der Waals surface area contributed by atoms with Gasteiger partial charge in [-0.3, -0.25) is 0 Å². The summed E-state index contributed by atoms with van der Waals surface area (Å²) in [5, 5.41) is 21.3. The van der Waals surface area contributed by atoms with Gasteiger partial charge in [0, 0.05) is 16.3 Å². The van der Waals surface area contributed by atoms with Crippen LogP contribution in [0.1, 0.15) is 5.56 Å². The first-order valence-corrected chi connectivity index (χ1v) is 6.42. The predicted molar refractivity (Wildman–Crippen MR) is 77.1 cm³/mol. The van der Waals surface area contributed by atoms with Crippen molar-refractivity contribution in [2.45, 2.75) is 5.60 Å². The first-order chi connectivity index (χ1) is 9.67. The SMILES string of the molecule is COc1cc2c(c3ccccc13)OCC(O)(CO)C=C2. The van der Waals surface area contributed by atoms with Gasteiger partial charge in [-0.25, -0.2) is 0 Å². The Morgan fingerprint density at radius 2 is 2.05 bits per heavy atom. The maximum absolute atomic E-state index is 10.1. The molecule has 20 heavy (non-hydrogen) atoms. The molecule has 2 aromatic rings. The van der Waals surface area contributed by atoms with Crippen LogP contribution in [0.3, 0.4) is 0 Å². The van der Waals surface area contributed by atoms with Crippen LogP contribution < -0.4 is 9.47 Å². The summed E-state index contributed by atoms with van der Waals surface area (Å²) in [4.78, 5) is 0. The highest BCUT2D eigenvalue weighted by Crippen LogP contribution is 2.39. The van der Waals surface area contributed by atoms with E-state index in [4.69, 9.17) is 9.47 Å². The van der Waals surface area contributed by atoms with Gasteiger partial charge in [-0.05, 0) is 12.1 Å². The lowest BCUT2D eigenvalue weighted by Crippen LogP contribution is -2.37. The molecule has 0 fully saturated rings. The predicted octanol–water partition coefficient (Wildman–Crippen LogP) is 1.98. The lowest BCUT2D eigenvalue weighted by molar-refractivity contribution is -0.00710. The van der Waals surface area contributed by atoms with Gasteiger partial charge in [-0.2, -0.15) is 0 Å². The van der Waals surface area contributed by atoms with Crippen LogP contribution in [0.15, 0.2) is 36.4 Å². The Morgan fingerprint density at radius 1 is 1.30 bits per heavy atom. The third-order valence-electron chi connectivity index (χ3n) is 3.52. The zero-order chi connectivity index (χ0) is 14.2. The molecule has 0 aromatic heterocycles. The average molecular weight is 272 g/mol. The second-order valence-electron chi connectivity index (χ2n) is 4.93. The van der Waals surface area contributed by atoms with Gasteiger partial charge in [0.2, 0.25) is 0 Å². The lowest BCUT2D eigenvalue weighted by Gasteiger charge is -2.20. The Balaban J connectivity index is 2.22. The van der Waals surface area contributed by atoms with Crippen LogP contribution in [-0.4, -0.2) is 36.1 Å². The van der Waals surface area contributed by atoms with E-state index in [1.807, 2.05) is 30.3 Å². The zero-order valence-corrected chi connectivity index (χ0v) is 11.2. The van der Waals surface area contributed by atoms with Crippen molar-refractivity contribution in [1.29, 1.82) is 0 Å². The summed E-state index contributed by atoms with van der Waals surface area (Å²) in [5.74, 6) is 1.45. The maximum atomic E-state index is 10.1. The minimum absolute atomic E-state index is 0.0172. The first kappa shape index (κ1) is 13.0. The van der Waals surface area contributed by atoms with Crippen molar-refractivity contribution in [3.05, 3.63) is 42.0 Å². The number of ether oxygens (including phenoxy) is 2. The van der Waals surface area contributed by atoms with E-state index in [0.29, 0.717) is 5.75 Å². The molecule has 0 saturated carbocycles. The lowest BCUT2D eigenvalue weighted by atomic mass is 10.0. The Kier molecular flexibility index (Phi) is 3.12. The molecule has 0 bridgehead atoms. The molecule has 0 aliphatic carbocycles. The van der Waals surface area contributed by atoms with Crippen molar-refractivity contribution in [3.8, 4) is 11.5 Å². The van der Waals surface area contributed by atoms with E-state index in [1.54, 1.807) is 19.3 Å². The molecule has 1 aliphatic heterocycles. The summed E-state index contributed by atoms with van der Waals surface area (Å²) >= 11 is 0. The fourth-order valence-corrected chi connectivity index (χ4v) is 2.38. The minimum atomic E-state index is -1.35. The standard InChI is InChI=1S/C16H16O4/c1-19-14-8-11-6-7-16(18,9-17)10-20-15(11)13-5-3-2-4-12(13)14/h2-8,17-18H,9-10H2,1H3. The fourth-order valence-electron chi connectivity index (χ4n) is 2.38. The molecule has 4 heteroatoms. The van der Waals surface area contributed by atoms with E-state index in [1.165, 1.54) is 0 Å². The second kappa shape index (κ2) is 4.81. The van der Waals surface area contributed by atoms with Gasteiger partial charge in [0.15, 0.2) is 0 Å². The van der Waals surface area contributed by atoms with E-state index < -0.39 is 5.60 Å². The molecule has 1 unspecified atom stereocenters. The van der Waals surface area contributed by atoms with Crippen LogP contribution in [0.4, 0.5) is 0 Å². The first-order valence-electron chi connectivity index (χ1n) is 6.42. The molecule has 2 aromatic carbocycles. The van der Waals surface area contributed by atoms with Crippen molar-refractivity contribution < 1.29 is 19.7 Å². The number of aliphatic hydroxyl groups excluding tert-OH is 1. The molecule has 1 atom stereocenters. The van der Waals surface area contributed by atoms with Gasteiger partial charge in [0.25, 0.3) is 0 Å². The molecule has 0 amide bonds. The number of aliphatic hydroxyl groups is 2. The number of rotatable bonds is 2. The van der Waals surface area contributed by atoms with Gasteiger partial charge >= 0.3 is 0 Å². The van der Waals surface area contributed by atoms with Crippen LogP contribution in [0.5, 0.6) is 11.5 Å². The summed E-state index contributed by atoms with van der Waals surface area (Å²) in [5.41, 5.74) is -0.530. The van der Waals surface area contributed by atoms with Gasteiger partial charge < -0.3 is 19.7 Å². The van der Waals surface area contributed by atoms with Gasteiger partial charge in [0.05, 0.1) is 13.7 Å². The van der Waals surface area contributed by atoms with E-state index in [-0.39, 0.29) is 13.2 Å². The van der Waals surface area contributed by atoms with E-state index in [0.717, 1.165) is 22.1 Å². The van der Waals surface area contributed by atoms with Crippen molar-refractivity contribution >= 4 is 16.8 Å². The number of benzene rings is 2. The highest BCUT2D eigenvalue weighted by molar-refractivity contribution is 5.96. The van der Waals surface area contributed by atoms with Crippen molar-refractivity contribution in [2.75, 3.05) is 20.3 Å². The summed E-state index contributed by atoms with van der Waals surface area (Å²) < 4.78 is 11.2. The molecule has 1 aliphatic rings. The van der Waals surface area contributed by atoms with E-state index in [2.05, 4.69) is 0 Å². The Bertz CT molecular complexity index is 677. The molecule has 0 radical (unpaired) electrons. The topological polar surface area (TPSA) is 58.9 Å². The summed E-state index contributed by atoms with van der Waals surface area (Å²) in [6.07, 6.45) is 3.32. The smallest absolute Gasteiger partial charge is 0.140 e. The summed E-state index contributed by atoms with van der Waals surface area (Å²) in [7, 11) is 1.62. The van der Waals surface area contributed by atoms with Crippen LogP contribution in [-0.2, 0) is 0 Å². The van der Waals surface area contributed by atoms with Crippen molar-refractivity contribution in [3.63, 3.8) is 0 Å². The summed E-state index contributed by atoms with van der Waals surface area (Å²) in [6.45, 7) is -0.365. The largest absolute Gasteiger partial charge is 0.496 e. The molecule has 0 saturated heterocycles. The highest BCUT2D eigenvalue weighted by atomic mass is 16.5. The highest BCUT2D eigenvalue weighted by Gasteiger charge is 2.27. The van der Waals surface area contributed by atoms with Crippen LogP contribution in [0.2, 0.25) is 0 Å². The molecule has 3 rings (SSSR count). The normalized spacial score (nSPS) is 21.1. The van der Waals surface area contributed by atoms with Crippen LogP contribution in [0.25, 0.3) is 16.8 Å². The minimum Gasteiger partial charge on any atom is -0.496 e. The molecular formula is C16H16O4. The number of fused-ring (bicyclic) bond motifs is 3. The molecule has 1 heterocycles. The monoisotopic (exact) mass is 272 g/mol. The van der Waals surface area contributed by atoms with Crippen molar-refractivity contribution in [2.24, 2.45) is 0 Å². The maximum Gasteiger partial charge on any atom is 0.140 e. The van der Waals surface area contributed by atoms with Crippen molar-refractivity contribution in [1.82, 2.24) is 0 Å². The van der Waals surface area contributed by atoms with Gasteiger partial charge in [0.1, 0.15) is 23.7 Å². The number of methoxy groups -OCH3 is 1. The quantitative estimate of drug-likeness (QED) is 0.877. The molecule has 2 N–H and O–H groups in total. The molecule has 4 nitrogen and oxygen atoms in total. The van der Waals surface area contributed by atoms with E-state index in [9.17, 15) is 10.2 Å². The Hall–Kier alpha value is -2.04. The van der Waals surface area contributed by atoms with Gasteiger partial charge in [-0.1, -0.05) is 30.3 Å². The van der Waals surface area contributed by atoms with Crippen LogP contribution in [0, 0.1) is 0 Å². The third-order valence-corrected chi connectivity index (χ3v) is 3.52. The van der Waals surface area contributed by atoms with Gasteiger partial charge in [-0.15, -0.1) is 0 Å². The molecule has 0 spiro atoms. The third kappa shape index (κ3) is 2.03. The second-order valence-corrected chi connectivity index (χ2v) is 4.93. The molecular weight excluding hydrogens is 256 g/mol. The van der Waals surface area contributed by atoms with E-state index >= 15 is 0 Å². The molecule has 104 valence electrons. The number of hydrogen-bond acceptors (Lipinski definition) is 4. The summed E-state index contributed by atoms with van der Waals surface area (Å²) in [6, 6.07) is 9.65. The van der Waals surface area contributed by atoms with Crippen LogP contribution >= 0.6 is 0 Å². The zero-order valence-electron chi connectivity index (χ0n) is 11.2. The Morgan fingerprint density at radius 3 is 2.75 bits per heavy atom.